The molecule has 33 heavy (non-hydrogen) atoms. The molecule has 0 N–H and O–H groups in total. The molecule has 1 heterocycles. The number of nitrogens with zero attached hydrogens (tertiary/aromatic N) is 3. The van der Waals surface area contributed by atoms with E-state index in [2.05, 4.69) is 20.8 Å². The SMILES string of the molecule is CC(C)(C)c1ccc(COn2c(=O)c(-c3cccc([N+](=O)[O-])c3)[n+]([O-])c3ccccc32)cc1. The second-order valence-corrected chi connectivity index (χ2v) is 8.76. The van der Waals surface area contributed by atoms with Gasteiger partial charge in [0, 0.05) is 18.2 Å². The summed E-state index contributed by atoms with van der Waals surface area (Å²) in [5, 5.41) is 24.3. The molecule has 0 amide bonds. The average Bonchev–Trinajstić information content (AvgIpc) is 2.79. The molecule has 1 aromatic heterocycles. The topological polar surface area (TPSA) is 101 Å². The molecule has 0 spiro atoms. The quantitative estimate of drug-likeness (QED) is 0.199. The molecule has 168 valence electrons. The second-order valence-electron chi connectivity index (χ2n) is 8.76. The Hall–Kier alpha value is -4.20. The highest BCUT2D eigenvalue weighted by Gasteiger charge is 2.25. The molecule has 0 saturated heterocycles. The average molecular weight is 445 g/mol. The molecular formula is C25H23N3O5. The lowest BCUT2D eigenvalue weighted by molar-refractivity contribution is -0.566. The highest BCUT2D eigenvalue weighted by atomic mass is 16.7. The Labute approximate surface area is 190 Å². The van der Waals surface area contributed by atoms with Crippen LogP contribution < -0.4 is 15.1 Å². The van der Waals surface area contributed by atoms with Gasteiger partial charge >= 0.3 is 5.56 Å². The van der Waals surface area contributed by atoms with Crippen molar-refractivity contribution in [2.24, 2.45) is 0 Å². The van der Waals surface area contributed by atoms with E-state index in [-0.39, 0.29) is 34.5 Å². The summed E-state index contributed by atoms with van der Waals surface area (Å²) in [6, 6.07) is 19.9. The van der Waals surface area contributed by atoms with Crippen LogP contribution in [0, 0.1) is 15.3 Å². The van der Waals surface area contributed by atoms with Crippen LogP contribution in [0.15, 0.2) is 77.6 Å². The lowest BCUT2D eigenvalue weighted by atomic mass is 9.87. The third kappa shape index (κ3) is 4.27. The van der Waals surface area contributed by atoms with E-state index in [0.29, 0.717) is 10.2 Å². The predicted molar refractivity (Wildman–Crippen MR) is 125 cm³/mol. The summed E-state index contributed by atoms with van der Waals surface area (Å²) in [6.45, 7) is 6.48. The maximum absolute atomic E-state index is 13.3. The zero-order valence-corrected chi connectivity index (χ0v) is 18.5. The molecule has 0 bridgehead atoms. The van der Waals surface area contributed by atoms with E-state index >= 15 is 0 Å². The zero-order valence-electron chi connectivity index (χ0n) is 18.5. The molecule has 3 aromatic carbocycles. The molecule has 0 radical (unpaired) electrons. The molecule has 0 aliphatic heterocycles. The van der Waals surface area contributed by atoms with E-state index in [0.717, 1.165) is 10.3 Å². The summed E-state index contributed by atoms with van der Waals surface area (Å²) in [4.78, 5) is 29.8. The Morgan fingerprint density at radius 2 is 1.70 bits per heavy atom. The highest BCUT2D eigenvalue weighted by Crippen LogP contribution is 2.23. The van der Waals surface area contributed by atoms with E-state index in [9.17, 15) is 20.1 Å². The van der Waals surface area contributed by atoms with Gasteiger partial charge in [-0.15, -0.1) is 4.73 Å². The molecule has 0 fully saturated rings. The third-order valence-electron chi connectivity index (χ3n) is 5.42. The molecule has 0 atom stereocenters. The van der Waals surface area contributed by atoms with Gasteiger partial charge in [0.2, 0.25) is 5.52 Å². The summed E-state index contributed by atoms with van der Waals surface area (Å²) < 4.78 is 1.57. The van der Waals surface area contributed by atoms with Crippen LogP contribution in [-0.4, -0.2) is 9.65 Å². The molecule has 0 aliphatic carbocycles. The van der Waals surface area contributed by atoms with Gasteiger partial charge in [-0.25, -0.2) is 0 Å². The Morgan fingerprint density at radius 3 is 2.36 bits per heavy atom. The number of aromatic nitrogens is 2. The highest BCUT2D eigenvalue weighted by molar-refractivity contribution is 5.73. The van der Waals surface area contributed by atoms with Crippen molar-refractivity contribution in [3.8, 4) is 11.3 Å². The van der Waals surface area contributed by atoms with Gasteiger partial charge in [0.05, 0.1) is 10.5 Å². The molecule has 0 unspecified atom stereocenters. The number of non-ortho nitro benzene ring substituents is 1. The fraction of sp³-hybridized carbons (Fsp3) is 0.200. The van der Waals surface area contributed by atoms with Crippen LogP contribution >= 0.6 is 0 Å². The van der Waals surface area contributed by atoms with E-state index in [1.165, 1.54) is 29.8 Å². The van der Waals surface area contributed by atoms with Gasteiger partial charge < -0.3 is 10.0 Å². The van der Waals surface area contributed by atoms with Crippen LogP contribution in [0.4, 0.5) is 5.69 Å². The van der Waals surface area contributed by atoms with Crippen molar-refractivity contribution in [2.75, 3.05) is 0 Å². The first-order valence-electron chi connectivity index (χ1n) is 10.4. The van der Waals surface area contributed by atoms with Crippen LogP contribution in [0.25, 0.3) is 22.3 Å². The van der Waals surface area contributed by atoms with Crippen molar-refractivity contribution in [1.82, 2.24) is 4.73 Å². The minimum absolute atomic E-state index is 0.0148. The van der Waals surface area contributed by atoms with E-state index in [1.54, 1.807) is 24.3 Å². The smallest absolute Gasteiger partial charge is 0.357 e. The Morgan fingerprint density at radius 1 is 1.00 bits per heavy atom. The summed E-state index contributed by atoms with van der Waals surface area (Å²) in [5.74, 6) is 0. The van der Waals surface area contributed by atoms with Crippen molar-refractivity contribution in [1.29, 1.82) is 0 Å². The van der Waals surface area contributed by atoms with Crippen LogP contribution in [0.1, 0.15) is 31.9 Å². The molecule has 8 nitrogen and oxygen atoms in total. The minimum Gasteiger partial charge on any atom is -0.618 e. The van der Waals surface area contributed by atoms with Crippen LogP contribution in [0.5, 0.6) is 0 Å². The van der Waals surface area contributed by atoms with Crippen molar-refractivity contribution in [2.45, 2.75) is 32.8 Å². The fourth-order valence-corrected chi connectivity index (χ4v) is 3.60. The van der Waals surface area contributed by atoms with Gasteiger partial charge in [-0.05, 0) is 28.7 Å². The molecular weight excluding hydrogens is 422 g/mol. The minimum atomic E-state index is -0.699. The second kappa shape index (κ2) is 8.38. The predicted octanol–water partition coefficient (Wildman–Crippen LogP) is 4.14. The van der Waals surface area contributed by atoms with Gasteiger partial charge in [-0.3, -0.25) is 14.9 Å². The largest absolute Gasteiger partial charge is 0.618 e. The van der Waals surface area contributed by atoms with Gasteiger partial charge in [0.25, 0.3) is 11.4 Å². The number of para-hydroxylation sites is 2. The summed E-state index contributed by atoms with van der Waals surface area (Å²) in [7, 11) is 0. The first-order valence-corrected chi connectivity index (χ1v) is 10.4. The molecule has 0 saturated carbocycles. The van der Waals surface area contributed by atoms with E-state index in [4.69, 9.17) is 4.84 Å². The fourth-order valence-electron chi connectivity index (χ4n) is 3.60. The van der Waals surface area contributed by atoms with E-state index < -0.39 is 10.5 Å². The van der Waals surface area contributed by atoms with Crippen LogP contribution in [0.2, 0.25) is 0 Å². The number of hydrogen-bond acceptors (Lipinski definition) is 5. The van der Waals surface area contributed by atoms with Gasteiger partial charge in [0.15, 0.2) is 5.52 Å². The Kier molecular flexibility index (Phi) is 5.59. The maximum atomic E-state index is 13.3. The number of hydrogen-bond donors (Lipinski definition) is 0. The number of rotatable bonds is 5. The standard InChI is InChI=1S/C25H23N3O5/c1-25(2,3)19-13-11-17(12-14-19)16-33-27-22-10-5-4-9-21(22)26(30)23(24(27)29)18-7-6-8-20(15-18)28(31)32/h4-15H,16H2,1-3H3. The number of nitro benzene ring substituents is 1. The molecule has 8 heteroatoms. The van der Waals surface area contributed by atoms with Crippen LogP contribution in [0.3, 0.4) is 0 Å². The molecule has 4 rings (SSSR count). The van der Waals surface area contributed by atoms with Crippen molar-refractivity contribution in [3.63, 3.8) is 0 Å². The zero-order chi connectivity index (χ0) is 23.8. The lowest BCUT2D eigenvalue weighted by Crippen LogP contribution is -2.42. The van der Waals surface area contributed by atoms with Crippen LogP contribution in [-0.2, 0) is 12.0 Å². The summed E-state index contributed by atoms with van der Waals surface area (Å²) >= 11 is 0. The summed E-state index contributed by atoms with van der Waals surface area (Å²) in [5.41, 5.74) is 1.54. The van der Waals surface area contributed by atoms with Gasteiger partial charge in [-0.2, -0.15) is 4.73 Å². The number of benzene rings is 3. The lowest BCUT2D eigenvalue weighted by Gasteiger charge is -2.19. The number of fused-ring (bicyclic) bond motifs is 1. The first-order chi connectivity index (χ1) is 15.7. The van der Waals surface area contributed by atoms with Gasteiger partial charge in [-0.1, -0.05) is 63.2 Å². The maximum Gasteiger partial charge on any atom is 0.357 e. The molecule has 4 aromatic rings. The van der Waals surface area contributed by atoms with Crippen molar-refractivity contribution >= 4 is 16.7 Å². The Bertz CT molecular complexity index is 1400. The van der Waals surface area contributed by atoms with Crippen molar-refractivity contribution in [3.05, 3.63) is 110 Å². The normalized spacial score (nSPS) is 11.5. The van der Waals surface area contributed by atoms with E-state index in [1.807, 2.05) is 24.3 Å². The first kappa shape index (κ1) is 22.0. The summed E-state index contributed by atoms with van der Waals surface area (Å²) in [6.07, 6.45) is 0. The monoisotopic (exact) mass is 445 g/mol. The number of nitro groups is 1. The van der Waals surface area contributed by atoms with Crippen molar-refractivity contribution < 1.29 is 14.5 Å². The van der Waals surface area contributed by atoms with Gasteiger partial charge in [0.1, 0.15) is 6.61 Å². The Balaban J connectivity index is 1.79. The molecule has 0 aliphatic rings. The third-order valence-corrected chi connectivity index (χ3v) is 5.42.